The first-order valence-electron chi connectivity index (χ1n) is 6.22. The first kappa shape index (κ1) is 15.3. The molecule has 0 fully saturated rings. The standard InChI is InChI=1S/C16H16Cl2O2/c1-15(19,11-3-7-13(17)8-4-11)16(2,20)12-5-9-14(18)10-6-12/h3-10,19-20H,1-2H3/t15-,16-/m0/s1. The van der Waals surface area contributed by atoms with E-state index in [0.29, 0.717) is 21.2 Å². The Kier molecular flexibility index (Phi) is 4.12. The van der Waals surface area contributed by atoms with Crippen LogP contribution >= 0.6 is 23.2 Å². The summed E-state index contributed by atoms with van der Waals surface area (Å²) >= 11 is 11.7. The fraction of sp³-hybridized carbons (Fsp3) is 0.250. The summed E-state index contributed by atoms with van der Waals surface area (Å²) in [6.45, 7) is 3.15. The number of hydrogen-bond acceptors (Lipinski definition) is 2. The van der Waals surface area contributed by atoms with Crippen molar-refractivity contribution in [2.45, 2.75) is 25.0 Å². The van der Waals surface area contributed by atoms with Crippen molar-refractivity contribution in [3.05, 3.63) is 69.7 Å². The first-order chi connectivity index (χ1) is 9.25. The molecule has 0 aliphatic rings. The molecule has 0 spiro atoms. The summed E-state index contributed by atoms with van der Waals surface area (Å²) in [6.07, 6.45) is 0. The number of hydrogen-bond donors (Lipinski definition) is 2. The average Bonchev–Trinajstić information content (AvgIpc) is 2.39. The third kappa shape index (κ3) is 2.70. The van der Waals surface area contributed by atoms with Gasteiger partial charge in [0.05, 0.1) is 0 Å². The molecule has 0 saturated heterocycles. The molecule has 2 aromatic carbocycles. The molecule has 2 rings (SSSR count). The highest BCUT2D eigenvalue weighted by molar-refractivity contribution is 6.30. The minimum absolute atomic E-state index is 0.579. The third-order valence-corrected chi connectivity index (χ3v) is 4.26. The molecule has 4 heteroatoms. The van der Waals surface area contributed by atoms with E-state index in [4.69, 9.17) is 23.2 Å². The predicted molar refractivity (Wildman–Crippen MR) is 82.0 cm³/mol. The van der Waals surface area contributed by atoms with Crippen LogP contribution in [0.15, 0.2) is 48.5 Å². The maximum Gasteiger partial charge on any atom is 0.119 e. The Morgan fingerprint density at radius 1 is 0.650 bits per heavy atom. The SMILES string of the molecule is C[C@](O)(c1ccc(Cl)cc1)[C@@](C)(O)c1ccc(Cl)cc1. The van der Waals surface area contributed by atoms with E-state index in [2.05, 4.69) is 0 Å². The molecule has 2 N–H and O–H groups in total. The van der Waals surface area contributed by atoms with Crippen LogP contribution in [0.1, 0.15) is 25.0 Å². The lowest BCUT2D eigenvalue weighted by Gasteiger charge is -2.39. The highest BCUT2D eigenvalue weighted by Crippen LogP contribution is 2.40. The van der Waals surface area contributed by atoms with E-state index >= 15 is 0 Å². The highest BCUT2D eigenvalue weighted by Gasteiger charge is 2.44. The van der Waals surface area contributed by atoms with Crippen LogP contribution in [0.25, 0.3) is 0 Å². The molecular formula is C16H16Cl2O2. The molecule has 0 bridgehead atoms. The first-order valence-corrected chi connectivity index (χ1v) is 6.97. The fourth-order valence-electron chi connectivity index (χ4n) is 2.11. The van der Waals surface area contributed by atoms with Gasteiger partial charge in [0.25, 0.3) is 0 Å². The maximum atomic E-state index is 10.8. The molecule has 0 amide bonds. The van der Waals surface area contributed by atoms with Gasteiger partial charge in [0.2, 0.25) is 0 Å². The molecule has 0 heterocycles. The normalized spacial score (nSPS) is 17.3. The lowest BCUT2D eigenvalue weighted by molar-refractivity contribution is -0.143. The van der Waals surface area contributed by atoms with Crippen LogP contribution in [0.4, 0.5) is 0 Å². The fourth-order valence-corrected chi connectivity index (χ4v) is 2.36. The Balaban J connectivity index is 2.45. The molecule has 0 aromatic heterocycles. The lowest BCUT2D eigenvalue weighted by Crippen LogP contribution is -2.45. The minimum atomic E-state index is -1.47. The quantitative estimate of drug-likeness (QED) is 0.895. The van der Waals surface area contributed by atoms with Gasteiger partial charge in [-0.1, -0.05) is 47.5 Å². The monoisotopic (exact) mass is 310 g/mol. The van der Waals surface area contributed by atoms with Crippen LogP contribution in [-0.4, -0.2) is 10.2 Å². The van der Waals surface area contributed by atoms with Crippen molar-refractivity contribution < 1.29 is 10.2 Å². The van der Waals surface area contributed by atoms with Gasteiger partial charge in [0.15, 0.2) is 0 Å². The van der Waals surface area contributed by atoms with Gasteiger partial charge in [-0.25, -0.2) is 0 Å². The second kappa shape index (κ2) is 5.38. The Bertz CT molecular complexity index is 531. The smallest absolute Gasteiger partial charge is 0.119 e. The molecule has 2 nitrogen and oxygen atoms in total. The Hall–Kier alpha value is -1.06. The van der Waals surface area contributed by atoms with Crippen molar-refractivity contribution in [2.24, 2.45) is 0 Å². The highest BCUT2D eigenvalue weighted by atomic mass is 35.5. The third-order valence-electron chi connectivity index (χ3n) is 3.76. The molecule has 2 aromatic rings. The Morgan fingerprint density at radius 2 is 0.900 bits per heavy atom. The van der Waals surface area contributed by atoms with Gasteiger partial charge >= 0.3 is 0 Å². The van der Waals surface area contributed by atoms with Crippen molar-refractivity contribution in [1.29, 1.82) is 0 Å². The molecule has 0 radical (unpaired) electrons. The molecule has 0 aliphatic carbocycles. The maximum absolute atomic E-state index is 10.8. The van der Waals surface area contributed by atoms with Crippen molar-refractivity contribution >= 4 is 23.2 Å². The van der Waals surface area contributed by atoms with Crippen LogP contribution in [0.3, 0.4) is 0 Å². The molecule has 0 unspecified atom stereocenters. The van der Waals surface area contributed by atoms with Gasteiger partial charge in [0.1, 0.15) is 11.2 Å². The van der Waals surface area contributed by atoms with E-state index in [1.807, 2.05) is 0 Å². The van der Waals surface area contributed by atoms with E-state index in [1.165, 1.54) is 0 Å². The van der Waals surface area contributed by atoms with Crippen LogP contribution in [0.2, 0.25) is 10.0 Å². The van der Waals surface area contributed by atoms with Gasteiger partial charge in [-0.3, -0.25) is 0 Å². The zero-order chi connectivity index (χ0) is 15.0. The summed E-state index contributed by atoms with van der Waals surface area (Å²) in [7, 11) is 0. The van der Waals surface area contributed by atoms with Gasteiger partial charge in [-0.05, 0) is 49.2 Å². The lowest BCUT2D eigenvalue weighted by atomic mass is 9.76. The molecule has 2 atom stereocenters. The van der Waals surface area contributed by atoms with E-state index < -0.39 is 11.2 Å². The van der Waals surface area contributed by atoms with Crippen LogP contribution in [0, 0.1) is 0 Å². The van der Waals surface area contributed by atoms with Crippen molar-refractivity contribution in [2.75, 3.05) is 0 Å². The second-order valence-electron chi connectivity index (χ2n) is 5.16. The average molecular weight is 311 g/mol. The number of halogens is 2. The zero-order valence-electron chi connectivity index (χ0n) is 11.3. The summed E-state index contributed by atoms with van der Waals surface area (Å²) in [5, 5.41) is 22.8. The van der Waals surface area contributed by atoms with Crippen LogP contribution in [-0.2, 0) is 11.2 Å². The van der Waals surface area contributed by atoms with Gasteiger partial charge < -0.3 is 10.2 Å². The number of benzene rings is 2. The van der Waals surface area contributed by atoms with Crippen molar-refractivity contribution in [3.8, 4) is 0 Å². The van der Waals surface area contributed by atoms with Gasteiger partial charge in [-0.2, -0.15) is 0 Å². The van der Waals surface area contributed by atoms with Crippen molar-refractivity contribution in [1.82, 2.24) is 0 Å². The number of rotatable bonds is 3. The molecule has 106 valence electrons. The molecular weight excluding hydrogens is 295 g/mol. The van der Waals surface area contributed by atoms with Crippen LogP contribution < -0.4 is 0 Å². The molecule has 0 saturated carbocycles. The van der Waals surface area contributed by atoms with E-state index in [-0.39, 0.29) is 0 Å². The predicted octanol–water partition coefficient (Wildman–Crippen LogP) is 4.11. The van der Waals surface area contributed by atoms with E-state index in [1.54, 1.807) is 62.4 Å². The van der Waals surface area contributed by atoms with Gasteiger partial charge in [0, 0.05) is 10.0 Å². The number of aliphatic hydroxyl groups is 2. The molecule has 0 aliphatic heterocycles. The Labute approximate surface area is 128 Å². The van der Waals surface area contributed by atoms with Crippen molar-refractivity contribution in [3.63, 3.8) is 0 Å². The topological polar surface area (TPSA) is 40.5 Å². The van der Waals surface area contributed by atoms with E-state index in [0.717, 1.165) is 0 Å². The summed E-state index contributed by atoms with van der Waals surface area (Å²) in [6, 6.07) is 13.5. The Morgan fingerprint density at radius 3 is 1.15 bits per heavy atom. The van der Waals surface area contributed by atoms with Gasteiger partial charge in [-0.15, -0.1) is 0 Å². The molecule has 20 heavy (non-hydrogen) atoms. The largest absolute Gasteiger partial charge is 0.382 e. The second-order valence-corrected chi connectivity index (χ2v) is 6.03. The minimum Gasteiger partial charge on any atom is -0.382 e. The summed E-state index contributed by atoms with van der Waals surface area (Å²) in [5.41, 5.74) is -1.76. The zero-order valence-corrected chi connectivity index (χ0v) is 12.8. The van der Waals surface area contributed by atoms with E-state index in [9.17, 15) is 10.2 Å². The summed E-state index contributed by atoms with van der Waals surface area (Å²) in [5.74, 6) is 0. The van der Waals surface area contributed by atoms with Crippen LogP contribution in [0.5, 0.6) is 0 Å². The summed E-state index contributed by atoms with van der Waals surface area (Å²) in [4.78, 5) is 0. The summed E-state index contributed by atoms with van der Waals surface area (Å²) < 4.78 is 0.